The summed E-state index contributed by atoms with van der Waals surface area (Å²) in [6.07, 6.45) is -8.59. The molecule has 0 saturated heterocycles. The molecule has 0 aliphatic heterocycles. The van der Waals surface area contributed by atoms with E-state index in [2.05, 4.69) is 15.2 Å². The number of nitrogen functional groups attached to an aromatic ring is 1. The summed E-state index contributed by atoms with van der Waals surface area (Å²) in [6, 6.07) is 4.78. The Bertz CT molecular complexity index is 1500. The number of thioether (sulfide) groups is 1. The Morgan fingerprint density at radius 3 is 2.08 bits per heavy atom. The van der Waals surface area contributed by atoms with Crippen molar-refractivity contribution in [3.63, 3.8) is 0 Å². The van der Waals surface area contributed by atoms with Crippen LogP contribution in [-0.2, 0) is 27.9 Å². The Morgan fingerprint density at radius 1 is 1.05 bits per heavy atom. The van der Waals surface area contributed by atoms with Crippen molar-refractivity contribution in [1.82, 2.24) is 19.7 Å². The molecule has 0 unspecified atom stereocenters. The third-order valence-electron chi connectivity index (χ3n) is 4.92. The van der Waals surface area contributed by atoms with Gasteiger partial charge >= 0.3 is 18.3 Å². The quantitative estimate of drug-likeness (QED) is 0.218. The SMILES string of the molecule is CCS(=O)(=O)c1cc(N)c(SC(C)(C)C)cc1-c1nnc(-c2cc(C(F)(F)F)ccn2)n1C.O=C(O)C(F)(F)F. The molecule has 9 nitrogen and oxygen atoms in total. The number of carboxylic acids is 1. The van der Waals surface area contributed by atoms with Crippen molar-refractivity contribution < 1.29 is 44.7 Å². The third-order valence-corrected chi connectivity index (χ3v) is 7.87. The monoisotopic (exact) mass is 613 g/mol. The average Bonchev–Trinajstić information content (AvgIpc) is 3.19. The van der Waals surface area contributed by atoms with Crippen molar-refractivity contribution in [2.24, 2.45) is 7.05 Å². The molecule has 3 N–H and O–H groups in total. The Kier molecular flexibility index (Phi) is 9.57. The van der Waals surface area contributed by atoms with E-state index in [1.54, 1.807) is 13.1 Å². The van der Waals surface area contributed by atoms with E-state index < -0.39 is 33.7 Å². The highest BCUT2D eigenvalue weighted by atomic mass is 32.2. The maximum atomic E-state index is 13.1. The second-order valence-electron chi connectivity index (χ2n) is 9.14. The second-order valence-corrected chi connectivity index (χ2v) is 13.3. The molecule has 3 aromatic rings. The lowest BCUT2D eigenvalue weighted by Gasteiger charge is -2.20. The molecule has 0 atom stereocenters. The molecule has 40 heavy (non-hydrogen) atoms. The van der Waals surface area contributed by atoms with Gasteiger partial charge in [0.2, 0.25) is 0 Å². The number of sulfone groups is 1. The van der Waals surface area contributed by atoms with Crippen LogP contribution in [0.25, 0.3) is 22.9 Å². The fourth-order valence-electron chi connectivity index (χ4n) is 3.10. The summed E-state index contributed by atoms with van der Waals surface area (Å²) in [7, 11) is -2.15. The van der Waals surface area contributed by atoms with Crippen LogP contribution < -0.4 is 5.73 Å². The van der Waals surface area contributed by atoms with Crippen LogP contribution in [0.1, 0.15) is 33.3 Å². The Morgan fingerprint density at radius 2 is 1.60 bits per heavy atom. The van der Waals surface area contributed by atoms with E-state index in [9.17, 15) is 34.8 Å². The molecular weight excluding hydrogens is 588 g/mol. The Balaban J connectivity index is 0.000000708. The first kappa shape index (κ1) is 32.9. The molecule has 3 rings (SSSR count). The van der Waals surface area contributed by atoms with E-state index >= 15 is 0 Å². The largest absolute Gasteiger partial charge is 0.490 e. The maximum Gasteiger partial charge on any atom is 0.490 e. The number of nitrogens with zero attached hydrogens (tertiary/aromatic N) is 4. The number of rotatable bonds is 5. The number of hydrogen-bond acceptors (Lipinski definition) is 8. The van der Waals surface area contributed by atoms with Gasteiger partial charge in [0, 0.05) is 34.1 Å². The van der Waals surface area contributed by atoms with Gasteiger partial charge in [0.05, 0.1) is 16.2 Å². The number of aliphatic carboxylic acids is 1. The zero-order chi connectivity index (χ0) is 30.8. The van der Waals surface area contributed by atoms with Crippen molar-refractivity contribution in [3.05, 3.63) is 36.0 Å². The molecule has 0 bridgehead atoms. The van der Waals surface area contributed by atoms with Crippen LogP contribution >= 0.6 is 11.8 Å². The maximum absolute atomic E-state index is 13.1. The third kappa shape index (κ3) is 8.09. The smallest absolute Gasteiger partial charge is 0.475 e. The number of alkyl halides is 6. The van der Waals surface area contributed by atoms with E-state index in [0.29, 0.717) is 10.6 Å². The van der Waals surface area contributed by atoms with Gasteiger partial charge in [-0.15, -0.1) is 22.0 Å². The summed E-state index contributed by atoms with van der Waals surface area (Å²) in [6.45, 7) is 7.50. The highest BCUT2D eigenvalue weighted by molar-refractivity contribution is 8.00. The molecule has 1 aromatic carbocycles. The molecular formula is C23H25F6N5O4S2. The number of carbonyl (C=O) groups is 1. The summed E-state index contributed by atoms with van der Waals surface area (Å²) >= 11 is 1.46. The summed E-state index contributed by atoms with van der Waals surface area (Å²) in [5, 5.41) is 15.2. The number of carboxylic acid groups (broad SMARTS) is 1. The van der Waals surface area contributed by atoms with Crippen molar-refractivity contribution >= 4 is 33.3 Å². The molecule has 0 saturated carbocycles. The van der Waals surface area contributed by atoms with Crippen molar-refractivity contribution in [3.8, 4) is 22.9 Å². The second kappa shape index (κ2) is 11.6. The molecule has 0 radical (unpaired) electrons. The number of aromatic nitrogens is 4. The summed E-state index contributed by atoms with van der Waals surface area (Å²) in [5.41, 5.74) is 5.85. The first-order valence-corrected chi connectivity index (χ1v) is 13.6. The van der Waals surface area contributed by atoms with Gasteiger partial charge in [-0.25, -0.2) is 13.2 Å². The van der Waals surface area contributed by atoms with Crippen molar-refractivity contribution in [2.75, 3.05) is 11.5 Å². The van der Waals surface area contributed by atoms with E-state index in [1.807, 2.05) is 20.8 Å². The van der Waals surface area contributed by atoms with Gasteiger partial charge in [0.25, 0.3) is 0 Å². The van der Waals surface area contributed by atoms with Gasteiger partial charge in [0.15, 0.2) is 21.5 Å². The molecule has 2 aromatic heterocycles. The van der Waals surface area contributed by atoms with E-state index in [-0.39, 0.29) is 38.3 Å². The standard InChI is InChI=1S/C21H24F3N5O2S2.C2HF3O2/c1-6-33(30,31)17-11-14(25)16(32-20(2,3)4)10-13(17)18-27-28-19(29(18)5)15-9-12(7-8-26-15)21(22,23)24;3-2(4,5)1(6)7/h7-11H,6,25H2,1-5H3;(H,6,7). The van der Waals surface area contributed by atoms with E-state index in [0.717, 1.165) is 18.3 Å². The van der Waals surface area contributed by atoms with Crippen molar-refractivity contribution in [1.29, 1.82) is 0 Å². The van der Waals surface area contributed by atoms with Crippen molar-refractivity contribution in [2.45, 2.75) is 54.6 Å². The Hall–Kier alpha value is -3.34. The highest BCUT2D eigenvalue weighted by Gasteiger charge is 2.38. The molecule has 0 aliphatic carbocycles. The van der Waals surface area contributed by atoms with E-state index in [1.165, 1.54) is 29.3 Å². The highest BCUT2D eigenvalue weighted by Crippen LogP contribution is 2.41. The van der Waals surface area contributed by atoms with Crippen LogP contribution in [0.2, 0.25) is 0 Å². The first-order chi connectivity index (χ1) is 18.1. The molecule has 2 heterocycles. The number of nitrogens with two attached hydrogens (primary N) is 1. The van der Waals surface area contributed by atoms with Gasteiger partial charge < -0.3 is 15.4 Å². The number of pyridine rings is 1. The lowest BCUT2D eigenvalue weighted by atomic mass is 10.2. The predicted molar refractivity (Wildman–Crippen MR) is 136 cm³/mol. The molecule has 0 fully saturated rings. The van der Waals surface area contributed by atoms with Crippen LogP contribution in [-0.4, -0.2) is 55.9 Å². The first-order valence-electron chi connectivity index (χ1n) is 11.2. The fraction of sp³-hybridized carbons (Fsp3) is 0.391. The molecule has 0 aliphatic rings. The van der Waals surface area contributed by atoms with Crippen LogP contribution in [0.4, 0.5) is 32.0 Å². The van der Waals surface area contributed by atoms with Gasteiger partial charge in [-0.3, -0.25) is 4.98 Å². The van der Waals surface area contributed by atoms with Crippen LogP contribution in [0.3, 0.4) is 0 Å². The number of halogens is 6. The number of benzene rings is 1. The summed E-state index contributed by atoms with van der Waals surface area (Å²) < 4.78 is 98.0. The molecule has 0 spiro atoms. The van der Waals surface area contributed by atoms with Crippen LogP contribution in [0.5, 0.6) is 0 Å². The lowest BCUT2D eigenvalue weighted by Crippen LogP contribution is -2.21. The Labute approximate surface area is 229 Å². The normalized spacial score (nSPS) is 12.6. The zero-order valence-corrected chi connectivity index (χ0v) is 23.3. The number of hydrogen-bond donors (Lipinski definition) is 2. The summed E-state index contributed by atoms with van der Waals surface area (Å²) in [5.74, 6) is -2.68. The lowest BCUT2D eigenvalue weighted by molar-refractivity contribution is -0.192. The molecule has 0 amide bonds. The number of anilines is 1. The van der Waals surface area contributed by atoms with E-state index in [4.69, 9.17) is 15.6 Å². The van der Waals surface area contributed by atoms with Gasteiger partial charge in [0.1, 0.15) is 5.69 Å². The minimum absolute atomic E-state index is 0.0141. The fourth-order valence-corrected chi connectivity index (χ4v) is 5.21. The van der Waals surface area contributed by atoms with Gasteiger partial charge in [-0.05, 0) is 24.3 Å². The zero-order valence-electron chi connectivity index (χ0n) is 21.7. The minimum Gasteiger partial charge on any atom is -0.475 e. The van der Waals surface area contributed by atoms with Gasteiger partial charge in [-0.2, -0.15) is 26.3 Å². The molecule has 220 valence electrons. The van der Waals surface area contributed by atoms with Gasteiger partial charge in [-0.1, -0.05) is 27.7 Å². The summed E-state index contributed by atoms with van der Waals surface area (Å²) in [4.78, 5) is 13.5. The van der Waals surface area contributed by atoms with Crippen LogP contribution in [0.15, 0.2) is 40.3 Å². The minimum atomic E-state index is -5.08. The van der Waals surface area contributed by atoms with Crippen LogP contribution in [0, 0.1) is 0 Å². The average molecular weight is 614 g/mol. The predicted octanol–water partition coefficient (Wildman–Crippen LogP) is 5.46. The molecule has 17 heteroatoms. The topological polar surface area (TPSA) is 141 Å².